The van der Waals surface area contributed by atoms with Gasteiger partial charge in [-0.1, -0.05) is 12.1 Å². The number of anilines is 1. The van der Waals surface area contributed by atoms with Gasteiger partial charge < -0.3 is 15.0 Å². The van der Waals surface area contributed by atoms with Crippen LogP contribution in [-0.2, 0) is 11.2 Å². The second kappa shape index (κ2) is 8.95. The van der Waals surface area contributed by atoms with Crippen LogP contribution in [-0.4, -0.2) is 66.5 Å². The molecule has 0 aliphatic carbocycles. The average molecular weight is 375 g/mol. The van der Waals surface area contributed by atoms with Crippen LogP contribution in [0.25, 0.3) is 0 Å². The number of piperazine rings is 1. The molecule has 0 radical (unpaired) electrons. The summed E-state index contributed by atoms with van der Waals surface area (Å²) in [6.07, 6.45) is 0.713. The summed E-state index contributed by atoms with van der Waals surface area (Å²) < 4.78 is 9.79. The summed E-state index contributed by atoms with van der Waals surface area (Å²) in [6.45, 7) is 6.98. The van der Waals surface area contributed by atoms with E-state index in [1.807, 2.05) is 18.2 Å². The maximum absolute atomic E-state index is 10.9. The summed E-state index contributed by atoms with van der Waals surface area (Å²) in [7, 11) is 1.67. The van der Waals surface area contributed by atoms with E-state index in [2.05, 4.69) is 25.6 Å². The summed E-state index contributed by atoms with van der Waals surface area (Å²) in [5, 5.41) is 3.84. The lowest BCUT2D eigenvalue weighted by Crippen LogP contribution is -2.48. The maximum atomic E-state index is 10.9. The van der Waals surface area contributed by atoms with Gasteiger partial charge in [-0.05, 0) is 17.7 Å². The number of hydrogen-bond acceptors (Lipinski definition) is 7. The van der Waals surface area contributed by atoms with Gasteiger partial charge in [-0.2, -0.15) is 4.37 Å². The number of hydrogen-bond donors (Lipinski definition) is 1. The highest BCUT2D eigenvalue weighted by Crippen LogP contribution is 2.21. The van der Waals surface area contributed by atoms with Crippen LogP contribution in [0.5, 0.6) is 5.75 Å². The van der Waals surface area contributed by atoms with Crippen molar-refractivity contribution in [2.75, 3.05) is 51.3 Å². The summed E-state index contributed by atoms with van der Waals surface area (Å²) >= 11 is 1.47. The zero-order valence-corrected chi connectivity index (χ0v) is 16.1. The van der Waals surface area contributed by atoms with Crippen molar-refractivity contribution >= 4 is 22.6 Å². The molecule has 1 aromatic carbocycles. The maximum Gasteiger partial charge on any atom is 0.216 e. The molecule has 1 N–H and O–H groups in total. The fraction of sp³-hybridized carbons (Fsp3) is 0.500. The number of carbonyl (C=O) groups excluding carboxylic acids is 1. The lowest BCUT2D eigenvalue weighted by molar-refractivity contribution is -0.119. The first-order valence-corrected chi connectivity index (χ1v) is 9.58. The lowest BCUT2D eigenvalue weighted by Gasteiger charge is -2.34. The molecule has 0 atom stereocenters. The van der Waals surface area contributed by atoms with Crippen LogP contribution in [0.1, 0.15) is 18.3 Å². The number of nitrogens with one attached hydrogen (secondary N) is 1. The van der Waals surface area contributed by atoms with Gasteiger partial charge >= 0.3 is 0 Å². The third-order valence-electron chi connectivity index (χ3n) is 4.40. The van der Waals surface area contributed by atoms with E-state index in [0.717, 1.165) is 55.0 Å². The number of amides is 1. The van der Waals surface area contributed by atoms with Crippen molar-refractivity contribution in [2.24, 2.45) is 0 Å². The molecule has 1 aliphatic heterocycles. The number of methoxy groups -OCH3 is 1. The van der Waals surface area contributed by atoms with Crippen LogP contribution in [0.4, 0.5) is 5.13 Å². The Morgan fingerprint density at radius 1 is 1.31 bits per heavy atom. The zero-order chi connectivity index (χ0) is 18.4. The van der Waals surface area contributed by atoms with E-state index in [1.54, 1.807) is 14.0 Å². The second-order valence-electron chi connectivity index (χ2n) is 6.33. The number of benzene rings is 1. The number of aromatic nitrogens is 2. The number of carbonyl (C=O) groups is 1. The molecule has 2 heterocycles. The minimum Gasteiger partial charge on any atom is -0.497 e. The van der Waals surface area contributed by atoms with Crippen molar-refractivity contribution in [3.8, 4) is 5.75 Å². The van der Waals surface area contributed by atoms with Crippen molar-refractivity contribution in [1.29, 1.82) is 0 Å². The molecule has 1 aromatic heterocycles. The zero-order valence-electron chi connectivity index (χ0n) is 15.3. The highest BCUT2D eigenvalue weighted by Gasteiger charge is 2.20. The van der Waals surface area contributed by atoms with E-state index in [9.17, 15) is 4.79 Å². The molecule has 1 aliphatic rings. The molecular formula is C18H25N5O2S. The monoisotopic (exact) mass is 375 g/mol. The van der Waals surface area contributed by atoms with Gasteiger partial charge in [-0.15, -0.1) is 0 Å². The Balaban J connectivity index is 1.50. The van der Waals surface area contributed by atoms with Crippen LogP contribution >= 0.6 is 11.5 Å². The highest BCUT2D eigenvalue weighted by molar-refractivity contribution is 7.09. The smallest absolute Gasteiger partial charge is 0.216 e. The van der Waals surface area contributed by atoms with Crippen molar-refractivity contribution in [1.82, 2.24) is 19.6 Å². The van der Waals surface area contributed by atoms with Crippen LogP contribution in [0.3, 0.4) is 0 Å². The molecule has 0 saturated carbocycles. The Hall–Kier alpha value is -2.19. The molecule has 1 amide bonds. The van der Waals surface area contributed by atoms with Crippen molar-refractivity contribution in [2.45, 2.75) is 13.3 Å². The molecule has 1 fully saturated rings. The van der Waals surface area contributed by atoms with Crippen molar-refractivity contribution in [3.05, 3.63) is 35.7 Å². The van der Waals surface area contributed by atoms with Gasteiger partial charge in [0, 0.05) is 64.1 Å². The van der Waals surface area contributed by atoms with Crippen LogP contribution in [0, 0.1) is 0 Å². The largest absolute Gasteiger partial charge is 0.497 e. The van der Waals surface area contributed by atoms with E-state index in [1.165, 1.54) is 11.5 Å². The molecule has 2 aromatic rings. The summed E-state index contributed by atoms with van der Waals surface area (Å²) in [4.78, 5) is 20.3. The first-order chi connectivity index (χ1) is 12.6. The first-order valence-electron chi connectivity index (χ1n) is 8.81. The van der Waals surface area contributed by atoms with Gasteiger partial charge in [0.2, 0.25) is 11.0 Å². The topological polar surface area (TPSA) is 70.6 Å². The minimum atomic E-state index is 0.0288. The van der Waals surface area contributed by atoms with Gasteiger partial charge in [-0.25, -0.2) is 4.98 Å². The molecule has 0 spiro atoms. The molecule has 7 nitrogen and oxygen atoms in total. The molecule has 8 heteroatoms. The van der Waals surface area contributed by atoms with E-state index in [4.69, 9.17) is 9.72 Å². The van der Waals surface area contributed by atoms with Crippen LogP contribution in [0.15, 0.2) is 24.3 Å². The standard InChI is InChI=1S/C18H25N5O2S/c1-14(24)19-6-7-22-8-10-23(11-9-22)18-20-17(21-26-18)13-15-4-3-5-16(12-15)25-2/h3-5,12H,6-11,13H2,1-2H3,(H,19,24). The molecule has 26 heavy (non-hydrogen) atoms. The number of rotatable bonds is 7. The quantitative estimate of drug-likeness (QED) is 0.789. The van der Waals surface area contributed by atoms with Crippen molar-refractivity contribution in [3.63, 3.8) is 0 Å². The second-order valence-corrected chi connectivity index (χ2v) is 7.06. The predicted octanol–water partition coefficient (Wildman–Crippen LogP) is 1.40. The molecule has 0 unspecified atom stereocenters. The van der Waals surface area contributed by atoms with E-state index < -0.39 is 0 Å². The predicted molar refractivity (Wildman–Crippen MR) is 103 cm³/mol. The number of nitrogens with zero attached hydrogens (tertiary/aromatic N) is 4. The molecule has 0 bridgehead atoms. The molecule has 1 saturated heterocycles. The Kier molecular flexibility index (Phi) is 6.40. The lowest BCUT2D eigenvalue weighted by atomic mass is 10.1. The average Bonchev–Trinajstić information content (AvgIpc) is 3.10. The van der Waals surface area contributed by atoms with E-state index >= 15 is 0 Å². The summed E-state index contributed by atoms with van der Waals surface area (Å²) in [6, 6.07) is 8.02. The Morgan fingerprint density at radius 3 is 2.85 bits per heavy atom. The third kappa shape index (κ3) is 5.15. The fourth-order valence-electron chi connectivity index (χ4n) is 2.96. The summed E-state index contributed by atoms with van der Waals surface area (Å²) in [5.41, 5.74) is 1.15. The Labute approximate surface area is 158 Å². The Bertz CT molecular complexity index is 728. The summed E-state index contributed by atoms with van der Waals surface area (Å²) in [5.74, 6) is 1.74. The van der Waals surface area contributed by atoms with Crippen LogP contribution < -0.4 is 15.0 Å². The highest BCUT2D eigenvalue weighted by atomic mass is 32.1. The Morgan fingerprint density at radius 2 is 2.12 bits per heavy atom. The van der Waals surface area contributed by atoms with Gasteiger partial charge in [0.15, 0.2) is 0 Å². The van der Waals surface area contributed by atoms with E-state index in [0.29, 0.717) is 13.0 Å². The van der Waals surface area contributed by atoms with Gasteiger partial charge in [-0.3, -0.25) is 9.69 Å². The molecular weight excluding hydrogens is 350 g/mol. The fourth-order valence-corrected chi connectivity index (χ4v) is 3.70. The van der Waals surface area contributed by atoms with E-state index in [-0.39, 0.29) is 5.91 Å². The van der Waals surface area contributed by atoms with Gasteiger partial charge in [0.25, 0.3) is 0 Å². The van der Waals surface area contributed by atoms with Gasteiger partial charge in [0.05, 0.1) is 7.11 Å². The third-order valence-corrected chi connectivity index (χ3v) is 5.21. The van der Waals surface area contributed by atoms with Gasteiger partial charge in [0.1, 0.15) is 11.6 Å². The molecule has 140 valence electrons. The normalized spacial score (nSPS) is 15.1. The minimum absolute atomic E-state index is 0.0288. The number of ether oxygens (including phenoxy) is 1. The van der Waals surface area contributed by atoms with Crippen LogP contribution in [0.2, 0.25) is 0 Å². The molecule has 3 rings (SSSR count). The first kappa shape index (κ1) is 18.6. The SMILES string of the molecule is COc1cccc(Cc2nsc(N3CCN(CCNC(C)=O)CC3)n2)c1. The van der Waals surface area contributed by atoms with Crippen molar-refractivity contribution < 1.29 is 9.53 Å².